The molecule has 2 aromatic heterocycles. The highest BCUT2D eigenvalue weighted by molar-refractivity contribution is 7.18. The summed E-state index contributed by atoms with van der Waals surface area (Å²) in [7, 11) is 0. The second kappa shape index (κ2) is 6.57. The molecule has 2 heterocycles. The molecular formula is C18H18N2O3S. The molecule has 0 amide bonds. The number of hydrogen-bond acceptors (Lipinski definition) is 5. The van der Waals surface area contributed by atoms with Crippen molar-refractivity contribution in [1.82, 2.24) is 9.55 Å². The first kappa shape index (κ1) is 16.4. The third-order valence-corrected chi connectivity index (χ3v) is 4.46. The molecule has 0 unspecified atom stereocenters. The van der Waals surface area contributed by atoms with Gasteiger partial charge in [0, 0.05) is 4.88 Å². The Balaban J connectivity index is 1.90. The molecule has 0 aliphatic heterocycles. The van der Waals surface area contributed by atoms with E-state index in [-0.39, 0.29) is 17.6 Å². The van der Waals surface area contributed by atoms with E-state index in [1.165, 1.54) is 11.3 Å². The number of thiophene rings is 1. The zero-order valence-electron chi connectivity index (χ0n) is 13.8. The van der Waals surface area contributed by atoms with Gasteiger partial charge in [0.05, 0.1) is 29.9 Å². The van der Waals surface area contributed by atoms with Gasteiger partial charge in [0.15, 0.2) is 0 Å². The molecular weight excluding hydrogens is 324 g/mol. The van der Waals surface area contributed by atoms with E-state index in [0.717, 1.165) is 15.3 Å². The Hall–Kier alpha value is -2.47. The van der Waals surface area contributed by atoms with Crippen LogP contribution in [0.3, 0.4) is 0 Å². The van der Waals surface area contributed by atoms with Crippen LogP contribution in [0, 0.1) is 6.92 Å². The Morgan fingerprint density at radius 3 is 2.88 bits per heavy atom. The highest BCUT2D eigenvalue weighted by atomic mass is 32.1. The molecule has 1 aromatic carbocycles. The first-order valence-corrected chi connectivity index (χ1v) is 8.51. The minimum Gasteiger partial charge on any atom is -0.459 e. The number of rotatable bonds is 4. The summed E-state index contributed by atoms with van der Waals surface area (Å²) in [5, 5.41) is 0.635. The lowest BCUT2D eigenvalue weighted by Gasteiger charge is -2.10. The van der Waals surface area contributed by atoms with E-state index in [1.54, 1.807) is 29.1 Å². The van der Waals surface area contributed by atoms with Crippen molar-refractivity contribution >= 4 is 27.5 Å². The number of benzene rings is 1. The molecule has 6 heteroatoms. The minimum absolute atomic E-state index is 0.0699. The molecule has 0 spiro atoms. The summed E-state index contributed by atoms with van der Waals surface area (Å²) >= 11 is 1.51. The lowest BCUT2D eigenvalue weighted by atomic mass is 10.1. The molecule has 124 valence electrons. The zero-order valence-corrected chi connectivity index (χ0v) is 14.6. The average Bonchev–Trinajstić information content (AvgIpc) is 2.91. The van der Waals surface area contributed by atoms with E-state index in [9.17, 15) is 9.59 Å². The number of carbonyl (C=O) groups excluding carboxylic acids is 1. The van der Waals surface area contributed by atoms with Crippen molar-refractivity contribution < 1.29 is 9.53 Å². The lowest BCUT2D eigenvalue weighted by Crippen LogP contribution is -2.20. The van der Waals surface area contributed by atoms with Gasteiger partial charge in [-0.3, -0.25) is 9.36 Å². The van der Waals surface area contributed by atoms with E-state index in [0.29, 0.717) is 17.5 Å². The summed E-state index contributed by atoms with van der Waals surface area (Å²) in [5.74, 6) is -0.360. The number of aryl methyl sites for hydroxylation is 1. The van der Waals surface area contributed by atoms with Gasteiger partial charge < -0.3 is 4.74 Å². The Labute approximate surface area is 143 Å². The average molecular weight is 342 g/mol. The molecule has 0 atom stereocenters. The molecule has 5 nitrogen and oxygen atoms in total. The van der Waals surface area contributed by atoms with Gasteiger partial charge in [0.2, 0.25) is 0 Å². The van der Waals surface area contributed by atoms with Gasteiger partial charge in [-0.05, 0) is 44.5 Å². The Morgan fingerprint density at radius 1 is 1.33 bits per heavy atom. The van der Waals surface area contributed by atoms with Gasteiger partial charge in [-0.15, -0.1) is 11.3 Å². The third-order valence-electron chi connectivity index (χ3n) is 3.50. The monoisotopic (exact) mass is 342 g/mol. The van der Waals surface area contributed by atoms with Crippen molar-refractivity contribution in [1.29, 1.82) is 0 Å². The Kier molecular flexibility index (Phi) is 4.49. The van der Waals surface area contributed by atoms with E-state index < -0.39 is 0 Å². The number of carbonyl (C=O) groups is 1. The normalized spacial score (nSPS) is 11.2. The number of esters is 1. The Morgan fingerprint density at radius 2 is 2.12 bits per heavy atom. The summed E-state index contributed by atoms with van der Waals surface area (Å²) in [4.78, 5) is 30.7. The molecule has 0 radical (unpaired) electrons. The molecule has 0 aliphatic carbocycles. The maximum atomic E-state index is 12.5. The second-order valence-electron chi connectivity index (χ2n) is 5.91. The van der Waals surface area contributed by atoms with Gasteiger partial charge in [0.25, 0.3) is 5.56 Å². The second-order valence-corrected chi connectivity index (χ2v) is 7.14. The number of aromatic nitrogens is 2. The SMILES string of the molecule is Cc1cc2c(=O)n(Cc3cccc(C(=O)OC(C)C)c3)cnc2s1. The van der Waals surface area contributed by atoms with Gasteiger partial charge >= 0.3 is 5.97 Å². The number of ether oxygens (including phenoxy) is 1. The number of nitrogens with zero attached hydrogens (tertiary/aromatic N) is 2. The summed E-state index contributed by atoms with van der Waals surface area (Å²) in [6.07, 6.45) is 1.39. The lowest BCUT2D eigenvalue weighted by molar-refractivity contribution is 0.0378. The summed E-state index contributed by atoms with van der Waals surface area (Å²) < 4.78 is 6.76. The molecule has 0 saturated heterocycles. The van der Waals surface area contributed by atoms with Crippen LogP contribution in [0.4, 0.5) is 0 Å². The fraction of sp³-hybridized carbons (Fsp3) is 0.278. The molecule has 3 rings (SSSR count). The van der Waals surface area contributed by atoms with E-state index >= 15 is 0 Å². The molecule has 0 aliphatic rings. The van der Waals surface area contributed by atoms with Crippen LogP contribution in [0.2, 0.25) is 0 Å². The van der Waals surface area contributed by atoms with Gasteiger partial charge in [0.1, 0.15) is 4.83 Å². The van der Waals surface area contributed by atoms with E-state index in [1.807, 2.05) is 32.9 Å². The smallest absolute Gasteiger partial charge is 0.338 e. The van der Waals surface area contributed by atoms with Gasteiger partial charge in [-0.1, -0.05) is 12.1 Å². The van der Waals surface area contributed by atoms with Crippen LogP contribution in [-0.2, 0) is 11.3 Å². The first-order chi connectivity index (χ1) is 11.4. The van der Waals surface area contributed by atoms with Crippen LogP contribution in [0.1, 0.15) is 34.6 Å². The van der Waals surface area contributed by atoms with Gasteiger partial charge in [-0.25, -0.2) is 9.78 Å². The number of hydrogen-bond donors (Lipinski definition) is 0. The molecule has 3 aromatic rings. The quantitative estimate of drug-likeness (QED) is 0.682. The van der Waals surface area contributed by atoms with Crippen molar-refractivity contribution in [2.45, 2.75) is 33.4 Å². The molecule has 0 saturated carbocycles. The molecule has 0 bridgehead atoms. The maximum absolute atomic E-state index is 12.5. The Bertz CT molecular complexity index is 956. The molecule has 24 heavy (non-hydrogen) atoms. The van der Waals surface area contributed by atoms with Crippen molar-refractivity contribution in [3.05, 3.63) is 63.0 Å². The standard InChI is InChI=1S/C18H18N2O3S/c1-11(2)23-18(22)14-6-4-5-13(8-14)9-20-10-19-16-15(17(20)21)7-12(3)24-16/h4-8,10-11H,9H2,1-3H3. The summed E-state index contributed by atoms with van der Waals surface area (Å²) in [5.41, 5.74) is 1.26. The van der Waals surface area contributed by atoms with Crippen LogP contribution < -0.4 is 5.56 Å². The zero-order chi connectivity index (χ0) is 17.3. The van der Waals surface area contributed by atoms with Crippen LogP contribution in [0.25, 0.3) is 10.2 Å². The molecule has 0 N–H and O–H groups in total. The minimum atomic E-state index is -0.360. The highest BCUT2D eigenvalue weighted by Gasteiger charge is 2.11. The topological polar surface area (TPSA) is 61.2 Å². The summed E-state index contributed by atoms with van der Waals surface area (Å²) in [6.45, 7) is 5.94. The fourth-order valence-electron chi connectivity index (χ4n) is 2.47. The van der Waals surface area contributed by atoms with Crippen LogP contribution in [-0.4, -0.2) is 21.6 Å². The first-order valence-electron chi connectivity index (χ1n) is 7.69. The van der Waals surface area contributed by atoms with Crippen molar-refractivity contribution in [2.75, 3.05) is 0 Å². The summed E-state index contributed by atoms with van der Waals surface area (Å²) in [6, 6.07) is 8.99. The largest absolute Gasteiger partial charge is 0.459 e. The van der Waals surface area contributed by atoms with Crippen molar-refractivity contribution in [2.24, 2.45) is 0 Å². The van der Waals surface area contributed by atoms with E-state index in [2.05, 4.69) is 4.98 Å². The van der Waals surface area contributed by atoms with Crippen LogP contribution >= 0.6 is 11.3 Å². The number of fused-ring (bicyclic) bond motifs is 1. The highest BCUT2D eigenvalue weighted by Crippen LogP contribution is 2.19. The van der Waals surface area contributed by atoms with Crippen molar-refractivity contribution in [3.8, 4) is 0 Å². The third kappa shape index (κ3) is 3.38. The fourth-order valence-corrected chi connectivity index (χ4v) is 3.31. The predicted octanol–water partition coefficient (Wildman–Crippen LogP) is 3.38. The van der Waals surface area contributed by atoms with Crippen LogP contribution in [0.5, 0.6) is 0 Å². The van der Waals surface area contributed by atoms with Gasteiger partial charge in [-0.2, -0.15) is 0 Å². The predicted molar refractivity (Wildman–Crippen MR) is 94.7 cm³/mol. The van der Waals surface area contributed by atoms with Crippen LogP contribution in [0.15, 0.2) is 41.5 Å². The van der Waals surface area contributed by atoms with Crippen molar-refractivity contribution in [3.63, 3.8) is 0 Å². The van der Waals surface area contributed by atoms with E-state index in [4.69, 9.17) is 4.74 Å². The molecule has 0 fully saturated rings. The maximum Gasteiger partial charge on any atom is 0.338 e.